The molecule has 0 aromatic heterocycles. The largest absolute Gasteiger partial charge is 0.329 e. The molecule has 1 heterocycles. The molecule has 6 nitrogen and oxygen atoms in total. The number of anilines is 1. The molecule has 1 unspecified atom stereocenters. The minimum Gasteiger partial charge on any atom is -0.329 e. The Hall–Kier alpha value is -2.94. The van der Waals surface area contributed by atoms with E-state index in [9.17, 15) is 14.4 Å². The summed E-state index contributed by atoms with van der Waals surface area (Å²) in [6.07, 6.45) is 14.3. The number of benzene rings is 1. The smallest absolute Gasteiger partial charge is 0.257 e. The quantitative estimate of drug-likeness (QED) is 0.413. The van der Waals surface area contributed by atoms with Crippen molar-refractivity contribution in [3.05, 3.63) is 41.5 Å². The summed E-state index contributed by atoms with van der Waals surface area (Å²) in [4.78, 5) is 44.3. The zero-order valence-electron chi connectivity index (χ0n) is 21.0. The maximum absolute atomic E-state index is 14.4. The highest BCUT2D eigenvalue weighted by atomic mass is 16.2. The number of amides is 3. The molecule has 4 saturated carbocycles. The van der Waals surface area contributed by atoms with Crippen molar-refractivity contribution in [3.8, 4) is 6.07 Å². The molecule has 0 spiro atoms. The highest BCUT2D eigenvalue weighted by Gasteiger charge is 2.57. The number of carbonyl (C=O) groups excluding carboxylic acids is 3. The van der Waals surface area contributed by atoms with E-state index in [2.05, 4.69) is 12.1 Å². The Morgan fingerprint density at radius 1 is 1.03 bits per heavy atom. The van der Waals surface area contributed by atoms with Crippen molar-refractivity contribution in [3.63, 3.8) is 0 Å². The predicted octanol–water partition coefficient (Wildman–Crippen LogP) is 5.13. The van der Waals surface area contributed by atoms with E-state index >= 15 is 0 Å². The summed E-state index contributed by atoms with van der Waals surface area (Å²) < 4.78 is 0. The number of carbonyl (C=O) groups is 3. The van der Waals surface area contributed by atoms with Crippen LogP contribution in [0.25, 0.3) is 0 Å². The maximum Gasteiger partial charge on any atom is 0.257 e. The van der Waals surface area contributed by atoms with Gasteiger partial charge in [-0.1, -0.05) is 11.6 Å². The van der Waals surface area contributed by atoms with Crippen LogP contribution < -0.4 is 4.90 Å². The average molecular weight is 486 g/mol. The van der Waals surface area contributed by atoms with Crippen LogP contribution in [0.5, 0.6) is 0 Å². The second-order valence-corrected chi connectivity index (χ2v) is 12.0. The number of rotatable bonds is 6. The summed E-state index contributed by atoms with van der Waals surface area (Å²) >= 11 is 0. The third kappa shape index (κ3) is 4.07. The zero-order chi connectivity index (χ0) is 24.9. The molecule has 5 fully saturated rings. The van der Waals surface area contributed by atoms with Gasteiger partial charge in [-0.3, -0.25) is 14.4 Å². The number of imide groups is 1. The van der Waals surface area contributed by atoms with Crippen LogP contribution in [0.4, 0.5) is 5.69 Å². The van der Waals surface area contributed by atoms with Gasteiger partial charge in [0.2, 0.25) is 11.8 Å². The van der Waals surface area contributed by atoms with E-state index in [1.807, 2.05) is 4.90 Å². The van der Waals surface area contributed by atoms with Crippen LogP contribution in [0.1, 0.15) is 82.6 Å². The van der Waals surface area contributed by atoms with Gasteiger partial charge in [0, 0.05) is 6.54 Å². The molecular formula is C30H35N3O3. The monoisotopic (exact) mass is 485 g/mol. The molecule has 3 amide bonds. The van der Waals surface area contributed by atoms with E-state index in [-0.39, 0.29) is 29.6 Å². The molecular weight excluding hydrogens is 450 g/mol. The lowest BCUT2D eigenvalue weighted by atomic mass is 9.49. The lowest BCUT2D eigenvalue weighted by Gasteiger charge is -2.57. The Labute approximate surface area is 213 Å². The molecule has 7 rings (SSSR count). The topological polar surface area (TPSA) is 81.5 Å². The van der Waals surface area contributed by atoms with Crippen molar-refractivity contribution >= 4 is 23.4 Å². The summed E-state index contributed by atoms with van der Waals surface area (Å²) in [6.45, 7) is 0.511. The average Bonchev–Trinajstić information content (AvgIpc) is 3.17. The highest BCUT2D eigenvalue weighted by molar-refractivity contribution is 6.23. The molecule has 5 aliphatic carbocycles. The van der Waals surface area contributed by atoms with Gasteiger partial charge in [-0.2, -0.15) is 5.26 Å². The second-order valence-electron chi connectivity index (χ2n) is 12.0. The van der Waals surface area contributed by atoms with Crippen molar-refractivity contribution < 1.29 is 14.4 Å². The first-order valence-corrected chi connectivity index (χ1v) is 13.8. The number of hydrogen-bond donors (Lipinski definition) is 0. The first kappa shape index (κ1) is 23.5. The van der Waals surface area contributed by atoms with Gasteiger partial charge in [-0.25, -0.2) is 4.90 Å². The Morgan fingerprint density at radius 2 is 1.69 bits per heavy atom. The summed E-state index contributed by atoms with van der Waals surface area (Å²) in [5.41, 5.74) is 1.99. The van der Waals surface area contributed by atoms with E-state index in [0.29, 0.717) is 35.5 Å². The van der Waals surface area contributed by atoms with Crippen LogP contribution in [0.2, 0.25) is 0 Å². The molecule has 1 aromatic carbocycles. The maximum atomic E-state index is 14.4. The molecule has 1 saturated heterocycles. The molecule has 1 aliphatic heterocycles. The van der Waals surface area contributed by atoms with Gasteiger partial charge in [0.1, 0.15) is 6.04 Å². The minimum absolute atomic E-state index is 0.0377. The standard InChI is InChI=1S/C30H35N3O3/c31-19-21-6-8-25(9-7-21)33-27(34)15-26(28(33)35)32(11-10-20-4-2-1-3-5-20)29(36)30-16-22-12-23(17-30)14-24(13-22)18-30/h4,6-9,22-24,26H,1-3,5,10-18H2. The van der Waals surface area contributed by atoms with E-state index in [4.69, 9.17) is 5.26 Å². The number of allylic oxidation sites excluding steroid dienone is 1. The zero-order valence-corrected chi connectivity index (χ0v) is 21.0. The van der Waals surface area contributed by atoms with Crippen LogP contribution in [0, 0.1) is 34.5 Å². The van der Waals surface area contributed by atoms with E-state index in [0.717, 1.165) is 38.5 Å². The molecule has 0 radical (unpaired) electrons. The van der Waals surface area contributed by atoms with Gasteiger partial charge in [0.25, 0.3) is 5.91 Å². The summed E-state index contributed by atoms with van der Waals surface area (Å²) in [5, 5.41) is 9.11. The Morgan fingerprint density at radius 3 is 2.28 bits per heavy atom. The molecule has 1 aromatic rings. The van der Waals surface area contributed by atoms with E-state index < -0.39 is 6.04 Å². The van der Waals surface area contributed by atoms with E-state index in [1.54, 1.807) is 24.3 Å². The fourth-order valence-electron chi connectivity index (χ4n) is 8.29. The molecule has 1 atom stereocenters. The molecule has 4 bridgehead atoms. The molecule has 6 heteroatoms. The molecule has 188 valence electrons. The fourth-order valence-corrected chi connectivity index (χ4v) is 8.29. The van der Waals surface area contributed by atoms with E-state index in [1.165, 1.54) is 42.6 Å². The Balaban J connectivity index is 1.29. The number of nitriles is 1. The van der Waals surface area contributed by atoms with Crippen molar-refractivity contribution in [2.45, 2.75) is 83.1 Å². The van der Waals surface area contributed by atoms with Crippen LogP contribution in [-0.4, -0.2) is 35.2 Å². The first-order valence-electron chi connectivity index (χ1n) is 13.8. The summed E-state index contributed by atoms with van der Waals surface area (Å²) in [6, 6.07) is 7.87. The SMILES string of the molecule is N#Cc1ccc(N2C(=O)CC(N(CCC3=CCCCC3)C(=O)C34CC5CC(CC(C5)C3)C4)C2=O)cc1. The molecule has 0 N–H and O–H groups in total. The highest BCUT2D eigenvalue weighted by Crippen LogP contribution is 2.60. The summed E-state index contributed by atoms with van der Waals surface area (Å²) in [5.74, 6) is 1.47. The van der Waals surface area contributed by atoms with Gasteiger partial charge in [0.15, 0.2) is 0 Å². The third-order valence-corrected chi connectivity index (χ3v) is 9.57. The second kappa shape index (κ2) is 9.18. The van der Waals surface area contributed by atoms with Crippen LogP contribution in [0.3, 0.4) is 0 Å². The molecule has 36 heavy (non-hydrogen) atoms. The normalized spacial score (nSPS) is 33.0. The minimum atomic E-state index is -0.738. The van der Waals surface area contributed by atoms with Gasteiger partial charge < -0.3 is 4.90 Å². The first-order chi connectivity index (χ1) is 17.5. The molecule has 6 aliphatic rings. The van der Waals surface area contributed by atoms with Crippen molar-refractivity contribution in [1.29, 1.82) is 5.26 Å². The van der Waals surface area contributed by atoms with Crippen molar-refractivity contribution in [2.24, 2.45) is 23.2 Å². The van der Waals surface area contributed by atoms with Crippen molar-refractivity contribution in [2.75, 3.05) is 11.4 Å². The van der Waals surface area contributed by atoms with Gasteiger partial charge in [-0.05, 0) is 113 Å². The third-order valence-electron chi connectivity index (χ3n) is 9.57. The van der Waals surface area contributed by atoms with Gasteiger partial charge in [0.05, 0.1) is 29.2 Å². The Kier molecular flexibility index (Phi) is 5.98. The van der Waals surface area contributed by atoms with Gasteiger partial charge >= 0.3 is 0 Å². The lowest BCUT2D eigenvalue weighted by molar-refractivity contribution is -0.161. The Bertz CT molecular complexity index is 1110. The van der Waals surface area contributed by atoms with Crippen LogP contribution in [-0.2, 0) is 14.4 Å². The lowest BCUT2D eigenvalue weighted by Crippen LogP contribution is -2.57. The van der Waals surface area contributed by atoms with Gasteiger partial charge in [-0.15, -0.1) is 0 Å². The number of hydrogen-bond acceptors (Lipinski definition) is 4. The van der Waals surface area contributed by atoms with Crippen LogP contribution >= 0.6 is 0 Å². The van der Waals surface area contributed by atoms with Crippen molar-refractivity contribution in [1.82, 2.24) is 4.90 Å². The van der Waals surface area contributed by atoms with Crippen LogP contribution in [0.15, 0.2) is 35.9 Å². The summed E-state index contributed by atoms with van der Waals surface area (Å²) in [7, 11) is 0. The number of nitrogens with zero attached hydrogens (tertiary/aromatic N) is 3. The predicted molar refractivity (Wildman–Crippen MR) is 136 cm³/mol. The fraction of sp³-hybridized carbons (Fsp3) is 0.600.